The number of ketones is 1. The van der Waals surface area contributed by atoms with Gasteiger partial charge in [0.25, 0.3) is 0 Å². The fourth-order valence-corrected chi connectivity index (χ4v) is 6.68. The summed E-state index contributed by atoms with van der Waals surface area (Å²) in [5.41, 5.74) is 5.24. The third-order valence-corrected chi connectivity index (χ3v) is 8.38. The Kier molecular flexibility index (Phi) is 5.08. The molecule has 5 nitrogen and oxygen atoms in total. The van der Waals surface area contributed by atoms with Crippen LogP contribution in [0.1, 0.15) is 27.0 Å². The molecule has 0 heterocycles. The van der Waals surface area contributed by atoms with E-state index < -0.39 is 0 Å². The van der Waals surface area contributed by atoms with Crippen molar-refractivity contribution in [2.75, 3.05) is 28.4 Å². The maximum absolute atomic E-state index is 14.2. The predicted molar refractivity (Wildman–Crippen MR) is 162 cm³/mol. The number of hydrogen-bond donors (Lipinski definition) is 0. The highest BCUT2D eigenvalue weighted by Crippen LogP contribution is 2.56. The van der Waals surface area contributed by atoms with Crippen molar-refractivity contribution in [3.63, 3.8) is 0 Å². The van der Waals surface area contributed by atoms with Crippen molar-refractivity contribution >= 4 is 55.5 Å². The van der Waals surface area contributed by atoms with Crippen molar-refractivity contribution in [1.82, 2.24) is 0 Å². The van der Waals surface area contributed by atoms with Gasteiger partial charge in [-0.25, -0.2) is 0 Å². The average molecular weight is 529 g/mol. The van der Waals surface area contributed by atoms with Gasteiger partial charge in [-0.2, -0.15) is 0 Å². The summed E-state index contributed by atoms with van der Waals surface area (Å²) in [6, 6.07) is 16.2. The van der Waals surface area contributed by atoms with E-state index in [2.05, 4.69) is 37.8 Å². The average Bonchev–Trinajstić information content (AvgIpc) is 2.96. The molecule has 0 saturated carbocycles. The molecule has 0 spiro atoms. The van der Waals surface area contributed by atoms with Crippen LogP contribution in [0.25, 0.3) is 60.8 Å². The molecular formula is C35H28O5. The van der Waals surface area contributed by atoms with E-state index in [0.29, 0.717) is 34.1 Å². The van der Waals surface area contributed by atoms with Crippen molar-refractivity contribution < 1.29 is 23.7 Å². The zero-order chi connectivity index (χ0) is 28.0. The van der Waals surface area contributed by atoms with Crippen LogP contribution in [-0.2, 0) is 0 Å². The Labute approximate surface area is 231 Å². The molecular weight excluding hydrogens is 500 g/mol. The first-order chi connectivity index (χ1) is 19.3. The summed E-state index contributed by atoms with van der Waals surface area (Å²) in [5, 5.41) is 8.33. The molecule has 6 aromatic carbocycles. The quantitative estimate of drug-likeness (QED) is 0.177. The third kappa shape index (κ3) is 2.89. The monoisotopic (exact) mass is 528 g/mol. The van der Waals surface area contributed by atoms with Crippen LogP contribution >= 0.6 is 0 Å². The van der Waals surface area contributed by atoms with Crippen LogP contribution in [0, 0.1) is 13.8 Å². The minimum atomic E-state index is -0.0732. The van der Waals surface area contributed by atoms with Gasteiger partial charge in [-0.05, 0) is 46.4 Å². The Bertz CT molecular complexity index is 2160. The lowest BCUT2D eigenvalue weighted by Gasteiger charge is -2.28. The molecule has 0 bridgehead atoms. The van der Waals surface area contributed by atoms with E-state index in [4.69, 9.17) is 18.9 Å². The highest BCUT2D eigenvalue weighted by atomic mass is 16.5. The Balaban J connectivity index is 1.99. The molecule has 6 aromatic rings. The van der Waals surface area contributed by atoms with Crippen LogP contribution in [0.5, 0.6) is 23.0 Å². The molecule has 0 aromatic heterocycles. The lowest BCUT2D eigenvalue weighted by Crippen LogP contribution is -2.14. The van der Waals surface area contributed by atoms with Gasteiger partial charge in [-0.3, -0.25) is 4.79 Å². The van der Waals surface area contributed by atoms with Crippen molar-refractivity contribution in [2.45, 2.75) is 13.8 Å². The highest BCUT2D eigenvalue weighted by Gasteiger charge is 2.35. The minimum Gasteiger partial charge on any atom is -0.496 e. The second-order valence-electron chi connectivity index (χ2n) is 10.5. The van der Waals surface area contributed by atoms with E-state index in [1.807, 2.05) is 25.1 Å². The van der Waals surface area contributed by atoms with Gasteiger partial charge in [0, 0.05) is 44.6 Å². The molecule has 5 heteroatoms. The Morgan fingerprint density at radius 1 is 0.525 bits per heavy atom. The first-order valence-electron chi connectivity index (χ1n) is 13.1. The summed E-state index contributed by atoms with van der Waals surface area (Å²) in [4.78, 5) is 14.2. The zero-order valence-corrected chi connectivity index (χ0v) is 23.4. The van der Waals surface area contributed by atoms with Crippen LogP contribution in [0.15, 0.2) is 48.5 Å². The van der Waals surface area contributed by atoms with E-state index in [9.17, 15) is 4.79 Å². The van der Waals surface area contributed by atoms with Gasteiger partial charge in [0.05, 0.1) is 34.0 Å². The third-order valence-electron chi connectivity index (χ3n) is 8.38. The number of carbonyl (C=O) groups is 1. The van der Waals surface area contributed by atoms with E-state index >= 15 is 0 Å². The predicted octanol–water partition coefficient (Wildman–Crippen LogP) is 7.29. The largest absolute Gasteiger partial charge is 0.496 e. The van der Waals surface area contributed by atoms with Gasteiger partial charge >= 0.3 is 0 Å². The van der Waals surface area contributed by atoms with Crippen LogP contribution < -0.4 is 24.2 Å². The van der Waals surface area contributed by atoms with Crippen LogP contribution in [0.3, 0.4) is 0 Å². The number of ether oxygens (including phenoxy) is 4. The smallest absolute Gasteiger partial charge is 0.198 e. The molecule has 0 amide bonds. The fourth-order valence-electron chi connectivity index (χ4n) is 6.68. The number of fused-ring (bicyclic) bond motifs is 6. The van der Waals surface area contributed by atoms with Crippen molar-refractivity contribution in [1.29, 1.82) is 0 Å². The van der Waals surface area contributed by atoms with Gasteiger partial charge in [0.1, 0.15) is 23.0 Å². The standard InChI is InChI=1S/C35H28O5/c1-16-8-10-19-18(3)27-23(37-4)14-24(38-5)30-31-25(39-6)15-26(40-7)32-34(31)29(28(33(27)30)21(19)12-16)22-13-17(2)9-11-20(22)35(32)36/h8-15H,3H2,1-2,4-7H3. The summed E-state index contributed by atoms with van der Waals surface area (Å²) in [7, 11) is 6.55. The number of hydrogen-bond acceptors (Lipinski definition) is 5. The summed E-state index contributed by atoms with van der Waals surface area (Å²) in [6.07, 6.45) is 0. The van der Waals surface area contributed by atoms with Crippen LogP contribution in [0.4, 0.5) is 0 Å². The molecule has 0 fully saturated rings. The molecule has 7 rings (SSSR count). The van der Waals surface area contributed by atoms with E-state index in [0.717, 1.165) is 70.6 Å². The normalized spacial score (nSPS) is 12.4. The molecule has 0 aliphatic heterocycles. The molecule has 1 aliphatic carbocycles. The van der Waals surface area contributed by atoms with E-state index in [1.165, 1.54) is 0 Å². The molecule has 0 atom stereocenters. The van der Waals surface area contributed by atoms with Gasteiger partial charge in [-0.1, -0.05) is 54.1 Å². The minimum absolute atomic E-state index is 0.0732. The van der Waals surface area contributed by atoms with Gasteiger partial charge in [0.2, 0.25) is 0 Å². The number of methoxy groups -OCH3 is 4. The Hall–Kier alpha value is -4.77. The highest BCUT2D eigenvalue weighted by molar-refractivity contribution is 6.42. The van der Waals surface area contributed by atoms with Gasteiger partial charge in [0.15, 0.2) is 5.78 Å². The Morgan fingerprint density at radius 2 is 1.10 bits per heavy atom. The molecule has 0 saturated heterocycles. The van der Waals surface area contributed by atoms with Gasteiger partial charge < -0.3 is 18.9 Å². The lowest BCUT2D eigenvalue weighted by atomic mass is 9.76. The molecule has 0 unspecified atom stereocenters. The zero-order valence-electron chi connectivity index (χ0n) is 23.4. The Morgan fingerprint density at radius 3 is 1.77 bits per heavy atom. The topological polar surface area (TPSA) is 54.0 Å². The summed E-state index contributed by atoms with van der Waals surface area (Å²) < 4.78 is 23.8. The van der Waals surface area contributed by atoms with Crippen LogP contribution in [0.2, 0.25) is 0 Å². The van der Waals surface area contributed by atoms with Crippen LogP contribution in [-0.4, -0.2) is 34.2 Å². The molecule has 198 valence electrons. The number of benzene rings is 6. The molecule has 40 heavy (non-hydrogen) atoms. The van der Waals surface area contributed by atoms with Crippen molar-refractivity contribution in [2.24, 2.45) is 0 Å². The SMILES string of the molecule is C=c1c2ccc(C)cc2c2c3c4c(c(OC)cc(OC)c4c4c(OC)cc(OC)c1c24)C(=O)c1ccc(C)cc1-3. The maximum Gasteiger partial charge on any atom is 0.198 e. The summed E-state index contributed by atoms with van der Waals surface area (Å²) in [5.74, 6) is 2.31. The number of aryl methyl sites for hydroxylation is 2. The molecule has 0 radical (unpaired) electrons. The fraction of sp³-hybridized carbons (Fsp3) is 0.171. The van der Waals surface area contributed by atoms with Crippen molar-refractivity contribution in [3.8, 4) is 34.1 Å². The first-order valence-corrected chi connectivity index (χ1v) is 13.1. The second kappa shape index (κ2) is 8.36. The van der Waals surface area contributed by atoms with Crippen molar-refractivity contribution in [3.05, 3.63) is 76.0 Å². The van der Waals surface area contributed by atoms with E-state index in [1.54, 1.807) is 34.5 Å². The second-order valence-corrected chi connectivity index (χ2v) is 10.5. The lowest BCUT2D eigenvalue weighted by molar-refractivity contribution is 0.103. The van der Waals surface area contributed by atoms with Gasteiger partial charge in [-0.15, -0.1) is 0 Å². The molecule has 0 N–H and O–H groups in total. The first kappa shape index (κ1) is 24.3. The van der Waals surface area contributed by atoms with E-state index in [-0.39, 0.29) is 5.78 Å². The molecule has 1 aliphatic rings. The number of carbonyl (C=O) groups excluding carboxylic acids is 1. The summed E-state index contributed by atoms with van der Waals surface area (Å²) in [6.45, 7) is 8.69. The number of rotatable bonds is 4. The summed E-state index contributed by atoms with van der Waals surface area (Å²) >= 11 is 0. The maximum atomic E-state index is 14.2.